The number of amides is 1. The number of piperazine rings is 1. The van der Waals surface area contributed by atoms with Crippen LogP contribution in [0.5, 0.6) is 11.5 Å². The minimum Gasteiger partial charge on any atom is -0.504 e. The first kappa shape index (κ1) is 14.7. The van der Waals surface area contributed by atoms with Crippen molar-refractivity contribution in [1.82, 2.24) is 9.80 Å². The summed E-state index contributed by atoms with van der Waals surface area (Å²) >= 11 is 0. The zero-order chi connectivity index (χ0) is 14.5. The van der Waals surface area contributed by atoms with Gasteiger partial charge in [-0.3, -0.25) is 4.79 Å². The summed E-state index contributed by atoms with van der Waals surface area (Å²) in [5, 5.41) is 9.90. The third-order valence-corrected chi connectivity index (χ3v) is 3.46. The Morgan fingerprint density at radius 3 is 2.60 bits per heavy atom. The van der Waals surface area contributed by atoms with Crippen molar-refractivity contribution in [2.75, 3.05) is 39.8 Å². The van der Waals surface area contributed by atoms with Crippen LogP contribution in [0.15, 0.2) is 18.2 Å². The summed E-state index contributed by atoms with van der Waals surface area (Å²) in [7, 11) is 2.05. The van der Waals surface area contributed by atoms with Crippen LogP contribution in [-0.4, -0.2) is 60.6 Å². The van der Waals surface area contributed by atoms with E-state index in [0.717, 1.165) is 32.6 Å². The lowest BCUT2D eigenvalue weighted by molar-refractivity contribution is 0.0663. The molecule has 5 nitrogen and oxygen atoms in total. The zero-order valence-corrected chi connectivity index (χ0v) is 12.1. The molecule has 110 valence electrons. The molecule has 1 aliphatic heterocycles. The Bertz CT molecular complexity index is 468. The van der Waals surface area contributed by atoms with Gasteiger partial charge in [-0.15, -0.1) is 0 Å². The van der Waals surface area contributed by atoms with Crippen LogP contribution in [0.2, 0.25) is 0 Å². The molecule has 0 unspecified atom stereocenters. The molecule has 0 bridgehead atoms. The maximum absolute atomic E-state index is 12.3. The van der Waals surface area contributed by atoms with E-state index >= 15 is 0 Å². The molecule has 0 aliphatic carbocycles. The summed E-state index contributed by atoms with van der Waals surface area (Å²) in [5.41, 5.74) is 0.510. The van der Waals surface area contributed by atoms with Crippen molar-refractivity contribution >= 4 is 5.91 Å². The lowest BCUT2D eigenvalue weighted by atomic mass is 10.1. The van der Waals surface area contributed by atoms with Crippen molar-refractivity contribution in [3.8, 4) is 11.5 Å². The third-order valence-electron chi connectivity index (χ3n) is 3.46. The maximum Gasteiger partial charge on any atom is 0.254 e. The topological polar surface area (TPSA) is 53.0 Å². The SMILES string of the molecule is CCCOc1ccc(C(=O)N2CCN(C)CC2)cc1O. The molecule has 0 aromatic heterocycles. The van der Waals surface area contributed by atoms with Gasteiger partial charge in [-0.2, -0.15) is 0 Å². The number of carbonyl (C=O) groups excluding carboxylic acids is 1. The molecule has 1 saturated heterocycles. The molecule has 1 aromatic carbocycles. The predicted molar refractivity (Wildman–Crippen MR) is 77.3 cm³/mol. The molecule has 1 heterocycles. The Morgan fingerprint density at radius 1 is 1.30 bits per heavy atom. The standard InChI is InChI=1S/C15H22N2O3/c1-3-10-20-14-5-4-12(11-13(14)18)15(19)17-8-6-16(2)7-9-17/h4-5,11,18H,3,6-10H2,1-2H3. The van der Waals surface area contributed by atoms with E-state index in [1.54, 1.807) is 12.1 Å². The molecular formula is C15H22N2O3. The van der Waals surface area contributed by atoms with Gasteiger partial charge in [0.1, 0.15) is 0 Å². The highest BCUT2D eigenvalue weighted by molar-refractivity contribution is 5.95. The minimum atomic E-state index is -0.0320. The molecule has 2 rings (SSSR count). The Hall–Kier alpha value is -1.75. The monoisotopic (exact) mass is 278 g/mol. The van der Waals surface area contributed by atoms with Crippen LogP contribution in [-0.2, 0) is 0 Å². The Balaban J connectivity index is 2.05. The zero-order valence-electron chi connectivity index (χ0n) is 12.1. The van der Waals surface area contributed by atoms with Crippen LogP contribution in [0.1, 0.15) is 23.7 Å². The third kappa shape index (κ3) is 3.42. The second kappa shape index (κ2) is 6.61. The Kier molecular flexibility index (Phi) is 4.84. The quantitative estimate of drug-likeness (QED) is 0.908. The van der Waals surface area contributed by atoms with Gasteiger partial charge in [0.15, 0.2) is 11.5 Å². The first-order valence-corrected chi connectivity index (χ1v) is 7.05. The summed E-state index contributed by atoms with van der Waals surface area (Å²) in [6.07, 6.45) is 0.876. The van der Waals surface area contributed by atoms with Crippen molar-refractivity contribution in [3.05, 3.63) is 23.8 Å². The lowest BCUT2D eigenvalue weighted by Gasteiger charge is -2.32. The molecule has 1 aliphatic rings. The second-order valence-corrected chi connectivity index (χ2v) is 5.13. The molecule has 5 heteroatoms. The molecule has 1 fully saturated rings. The van der Waals surface area contributed by atoms with Crippen LogP contribution in [0.3, 0.4) is 0 Å². The number of phenols is 1. The van der Waals surface area contributed by atoms with E-state index in [2.05, 4.69) is 4.90 Å². The lowest BCUT2D eigenvalue weighted by Crippen LogP contribution is -2.47. The number of carbonyl (C=O) groups is 1. The van der Waals surface area contributed by atoms with Gasteiger partial charge in [0.2, 0.25) is 0 Å². The van der Waals surface area contributed by atoms with Gasteiger partial charge >= 0.3 is 0 Å². The van der Waals surface area contributed by atoms with Crippen LogP contribution in [0.4, 0.5) is 0 Å². The van der Waals surface area contributed by atoms with Gasteiger partial charge in [0.25, 0.3) is 5.91 Å². The van der Waals surface area contributed by atoms with E-state index in [0.29, 0.717) is 17.9 Å². The second-order valence-electron chi connectivity index (χ2n) is 5.13. The first-order chi connectivity index (χ1) is 9.61. The number of hydrogen-bond donors (Lipinski definition) is 1. The van der Waals surface area contributed by atoms with Gasteiger partial charge in [0.05, 0.1) is 6.61 Å². The number of nitrogens with zero attached hydrogens (tertiary/aromatic N) is 2. The number of phenolic OH excluding ortho intramolecular Hbond substituents is 1. The van der Waals surface area contributed by atoms with Crippen molar-refractivity contribution in [1.29, 1.82) is 0 Å². The van der Waals surface area contributed by atoms with Gasteiger partial charge in [-0.1, -0.05) is 6.92 Å². The average molecular weight is 278 g/mol. The fourth-order valence-electron chi connectivity index (χ4n) is 2.18. The highest BCUT2D eigenvalue weighted by atomic mass is 16.5. The first-order valence-electron chi connectivity index (χ1n) is 7.05. The van der Waals surface area contributed by atoms with Gasteiger partial charge in [-0.05, 0) is 31.7 Å². The summed E-state index contributed by atoms with van der Waals surface area (Å²) in [6.45, 7) is 5.78. The number of aromatic hydroxyl groups is 1. The molecule has 0 spiro atoms. The molecule has 20 heavy (non-hydrogen) atoms. The van der Waals surface area contributed by atoms with Gasteiger partial charge in [-0.25, -0.2) is 0 Å². The Labute approximate surface area is 119 Å². The number of rotatable bonds is 4. The average Bonchev–Trinajstić information content (AvgIpc) is 2.46. The highest BCUT2D eigenvalue weighted by Gasteiger charge is 2.21. The van der Waals surface area contributed by atoms with Crippen LogP contribution >= 0.6 is 0 Å². The maximum atomic E-state index is 12.3. The molecular weight excluding hydrogens is 256 g/mol. The summed E-state index contributed by atoms with van der Waals surface area (Å²) < 4.78 is 5.40. The van der Waals surface area contributed by atoms with Crippen molar-refractivity contribution in [2.45, 2.75) is 13.3 Å². The number of likely N-dealkylation sites (N-methyl/N-ethyl adjacent to an activating group) is 1. The van der Waals surface area contributed by atoms with Crippen LogP contribution < -0.4 is 4.74 Å². The number of benzene rings is 1. The van der Waals surface area contributed by atoms with E-state index in [4.69, 9.17) is 4.74 Å². The minimum absolute atomic E-state index is 0.0263. The molecule has 0 saturated carbocycles. The van der Waals surface area contributed by atoms with E-state index in [9.17, 15) is 9.90 Å². The summed E-state index contributed by atoms with van der Waals surface area (Å²) in [6, 6.07) is 4.87. The van der Waals surface area contributed by atoms with Crippen LogP contribution in [0.25, 0.3) is 0 Å². The van der Waals surface area contributed by atoms with E-state index in [-0.39, 0.29) is 11.7 Å². The molecule has 0 radical (unpaired) electrons. The van der Waals surface area contributed by atoms with Crippen molar-refractivity contribution in [2.24, 2.45) is 0 Å². The van der Waals surface area contributed by atoms with Gasteiger partial charge < -0.3 is 19.6 Å². The molecule has 1 aromatic rings. The molecule has 0 atom stereocenters. The van der Waals surface area contributed by atoms with E-state index < -0.39 is 0 Å². The van der Waals surface area contributed by atoms with Crippen LogP contribution in [0, 0.1) is 0 Å². The molecule has 1 amide bonds. The summed E-state index contributed by atoms with van der Waals surface area (Å²) in [5.74, 6) is 0.427. The normalized spacial score (nSPS) is 16.2. The summed E-state index contributed by atoms with van der Waals surface area (Å²) in [4.78, 5) is 16.4. The van der Waals surface area contributed by atoms with Gasteiger partial charge in [0, 0.05) is 31.7 Å². The molecule has 1 N–H and O–H groups in total. The highest BCUT2D eigenvalue weighted by Crippen LogP contribution is 2.27. The van der Waals surface area contributed by atoms with E-state index in [1.165, 1.54) is 6.07 Å². The largest absolute Gasteiger partial charge is 0.504 e. The Morgan fingerprint density at radius 2 is 2.00 bits per heavy atom. The predicted octanol–water partition coefficient (Wildman–Crippen LogP) is 1.57. The fraction of sp³-hybridized carbons (Fsp3) is 0.533. The smallest absolute Gasteiger partial charge is 0.254 e. The number of ether oxygens (including phenoxy) is 1. The van der Waals surface area contributed by atoms with E-state index in [1.807, 2.05) is 18.9 Å². The number of hydrogen-bond acceptors (Lipinski definition) is 4. The van der Waals surface area contributed by atoms with Crippen molar-refractivity contribution in [3.63, 3.8) is 0 Å². The fourth-order valence-corrected chi connectivity index (χ4v) is 2.18. The van der Waals surface area contributed by atoms with Crippen molar-refractivity contribution < 1.29 is 14.6 Å².